The molecule has 0 atom stereocenters. The van der Waals surface area contributed by atoms with E-state index in [1.54, 1.807) is 0 Å². The molecule has 0 bridgehead atoms. The molecule has 0 aromatic heterocycles. The molecule has 3 rings (SSSR count). The Bertz CT molecular complexity index is 348. The topological polar surface area (TPSA) is 12.4 Å². The van der Waals surface area contributed by atoms with Gasteiger partial charge in [0.25, 0.3) is 0 Å². The van der Waals surface area contributed by atoms with Gasteiger partial charge in [0.2, 0.25) is 0 Å². The molecule has 1 aliphatic carbocycles. The van der Waals surface area contributed by atoms with Crippen molar-refractivity contribution in [2.75, 3.05) is 6.54 Å². The molecule has 0 amide bonds. The van der Waals surface area contributed by atoms with Crippen molar-refractivity contribution in [3.05, 3.63) is 35.4 Å². The molecule has 1 heteroatoms. The van der Waals surface area contributed by atoms with E-state index >= 15 is 0 Å². The molecule has 0 unspecified atom stereocenters. The Hall–Kier alpha value is -1.11. The Kier molecular flexibility index (Phi) is 1.06. The van der Waals surface area contributed by atoms with E-state index in [4.69, 9.17) is 0 Å². The van der Waals surface area contributed by atoms with Crippen LogP contribution in [0.25, 0.3) is 0 Å². The summed E-state index contributed by atoms with van der Waals surface area (Å²) in [6.07, 6.45) is 4.68. The maximum Gasteiger partial charge on any atom is 0.0486 e. The molecule has 0 N–H and O–H groups in total. The number of rotatable bonds is 0. The van der Waals surface area contributed by atoms with Crippen molar-refractivity contribution < 1.29 is 0 Å². The highest BCUT2D eigenvalue weighted by atomic mass is 14.8. The summed E-state index contributed by atoms with van der Waals surface area (Å²) < 4.78 is 0. The van der Waals surface area contributed by atoms with E-state index < -0.39 is 0 Å². The van der Waals surface area contributed by atoms with Gasteiger partial charge in [-0.1, -0.05) is 24.3 Å². The van der Waals surface area contributed by atoms with Crippen molar-refractivity contribution in [2.45, 2.75) is 18.3 Å². The first kappa shape index (κ1) is 6.41. The van der Waals surface area contributed by atoms with Gasteiger partial charge in [0, 0.05) is 18.2 Å². The fraction of sp³-hybridized carbons (Fsp3) is 0.364. The molecule has 1 fully saturated rings. The Balaban J connectivity index is 2.23. The molecule has 1 heterocycles. The van der Waals surface area contributed by atoms with Gasteiger partial charge >= 0.3 is 0 Å². The zero-order chi connectivity index (χ0) is 8.02. The minimum Gasteiger partial charge on any atom is -0.292 e. The minimum atomic E-state index is 0.464. The summed E-state index contributed by atoms with van der Waals surface area (Å²) in [5.74, 6) is 0. The lowest BCUT2D eigenvalue weighted by Crippen LogP contribution is -2.17. The second kappa shape index (κ2) is 1.98. The van der Waals surface area contributed by atoms with Gasteiger partial charge in [0.1, 0.15) is 0 Å². The summed E-state index contributed by atoms with van der Waals surface area (Å²) in [5, 5.41) is 0. The van der Waals surface area contributed by atoms with Crippen molar-refractivity contribution in [2.24, 2.45) is 4.99 Å². The van der Waals surface area contributed by atoms with E-state index in [0.717, 1.165) is 6.54 Å². The fourth-order valence-corrected chi connectivity index (χ4v) is 2.07. The van der Waals surface area contributed by atoms with Gasteiger partial charge in [-0.05, 0) is 24.0 Å². The molecular weight excluding hydrogens is 146 g/mol. The number of nitrogens with zero attached hydrogens (tertiary/aromatic N) is 1. The largest absolute Gasteiger partial charge is 0.292 e. The zero-order valence-electron chi connectivity index (χ0n) is 6.96. The first-order valence-electron chi connectivity index (χ1n) is 4.50. The molecule has 1 aromatic rings. The van der Waals surface area contributed by atoms with Crippen LogP contribution in [-0.4, -0.2) is 12.8 Å². The third-order valence-electron chi connectivity index (χ3n) is 3.01. The quantitative estimate of drug-likeness (QED) is 0.547. The van der Waals surface area contributed by atoms with Gasteiger partial charge in [-0.3, -0.25) is 4.99 Å². The molecule has 12 heavy (non-hydrogen) atoms. The smallest absolute Gasteiger partial charge is 0.0486 e. The SMILES string of the molecule is C1=NCC2(CC2)c2ccccc21. The molecular formula is C11H11N. The van der Waals surface area contributed by atoms with E-state index in [2.05, 4.69) is 29.3 Å². The van der Waals surface area contributed by atoms with E-state index in [-0.39, 0.29) is 0 Å². The van der Waals surface area contributed by atoms with Crippen LogP contribution in [0.1, 0.15) is 24.0 Å². The van der Waals surface area contributed by atoms with Crippen LogP contribution in [0.3, 0.4) is 0 Å². The molecule has 1 aromatic carbocycles. The van der Waals surface area contributed by atoms with Crippen LogP contribution in [0.2, 0.25) is 0 Å². The molecule has 1 spiro atoms. The summed E-state index contributed by atoms with van der Waals surface area (Å²) in [7, 11) is 0. The minimum absolute atomic E-state index is 0.464. The number of hydrogen-bond donors (Lipinski definition) is 0. The van der Waals surface area contributed by atoms with Crippen LogP contribution in [0.5, 0.6) is 0 Å². The van der Waals surface area contributed by atoms with Crippen molar-refractivity contribution in [1.29, 1.82) is 0 Å². The predicted molar refractivity (Wildman–Crippen MR) is 49.8 cm³/mol. The molecule has 1 saturated carbocycles. The summed E-state index contributed by atoms with van der Waals surface area (Å²) >= 11 is 0. The van der Waals surface area contributed by atoms with Crippen molar-refractivity contribution >= 4 is 6.21 Å². The van der Waals surface area contributed by atoms with Gasteiger partial charge in [0.15, 0.2) is 0 Å². The first-order chi connectivity index (χ1) is 5.91. The third kappa shape index (κ3) is 0.711. The van der Waals surface area contributed by atoms with Crippen LogP contribution >= 0.6 is 0 Å². The molecule has 1 aliphatic heterocycles. The van der Waals surface area contributed by atoms with Crippen LogP contribution in [0, 0.1) is 0 Å². The zero-order valence-corrected chi connectivity index (χ0v) is 6.96. The summed E-state index contributed by atoms with van der Waals surface area (Å²) in [6, 6.07) is 8.65. The van der Waals surface area contributed by atoms with Gasteiger partial charge in [-0.2, -0.15) is 0 Å². The van der Waals surface area contributed by atoms with Crippen LogP contribution in [0.4, 0.5) is 0 Å². The number of benzene rings is 1. The van der Waals surface area contributed by atoms with Gasteiger partial charge in [0.05, 0.1) is 0 Å². The molecule has 1 nitrogen and oxygen atoms in total. The maximum atomic E-state index is 4.41. The Morgan fingerprint density at radius 2 is 2.00 bits per heavy atom. The van der Waals surface area contributed by atoms with Crippen LogP contribution < -0.4 is 0 Å². The van der Waals surface area contributed by atoms with Crippen molar-refractivity contribution in [3.8, 4) is 0 Å². The van der Waals surface area contributed by atoms with Crippen molar-refractivity contribution in [1.82, 2.24) is 0 Å². The highest BCUT2D eigenvalue weighted by Crippen LogP contribution is 2.50. The van der Waals surface area contributed by atoms with Crippen molar-refractivity contribution in [3.63, 3.8) is 0 Å². The van der Waals surface area contributed by atoms with Crippen LogP contribution in [-0.2, 0) is 5.41 Å². The lowest BCUT2D eigenvalue weighted by molar-refractivity contribution is 0.697. The average molecular weight is 157 g/mol. The van der Waals surface area contributed by atoms with E-state index in [0.29, 0.717) is 5.41 Å². The third-order valence-corrected chi connectivity index (χ3v) is 3.01. The summed E-state index contributed by atoms with van der Waals surface area (Å²) in [6.45, 7) is 1.02. The van der Waals surface area contributed by atoms with E-state index in [1.807, 2.05) is 6.21 Å². The molecule has 0 saturated heterocycles. The average Bonchev–Trinajstić information content (AvgIpc) is 2.87. The molecule has 0 radical (unpaired) electrons. The Labute approximate surface area is 72.1 Å². The second-order valence-electron chi connectivity index (χ2n) is 3.84. The number of aliphatic imine (C=N–C) groups is 1. The number of hydrogen-bond acceptors (Lipinski definition) is 1. The lowest BCUT2D eigenvalue weighted by Gasteiger charge is -2.19. The normalized spacial score (nSPS) is 22.3. The summed E-state index contributed by atoms with van der Waals surface area (Å²) in [4.78, 5) is 4.41. The molecule has 60 valence electrons. The maximum absolute atomic E-state index is 4.41. The predicted octanol–water partition coefficient (Wildman–Crippen LogP) is 2.15. The molecule has 2 aliphatic rings. The first-order valence-corrected chi connectivity index (χ1v) is 4.50. The highest BCUT2D eigenvalue weighted by Gasteiger charge is 2.46. The Morgan fingerprint density at radius 3 is 2.83 bits per heavy atom. The van der Waals surface area contributed by atoms with Gasteiger partial charge < -0.3 is 0 Å². The second-order valence-corrected chi connectivity index (χ2v) is 3.84. The fourth-order valence-electron chi connectivity index (χ4n) is 2.07. The standard InChI is InChI=1S/C11H11N/c1-2-4-10-9(3-1)7-12-8-11(10)5-6-11/h1-4,7H,5-6,8H2. The lowest BCUT2D eigenvalue weighted by atomic mass is 9.90. The van der Waals surface area contributed by atoms with Gasteiger partial charge in [-0.25, -0.2) is 0 Å². The summed E-state index contributed by atoms with van der Waals surface area (Å²) in [5.41, 5.74) is 3.33. The van der Waals surface area contributed by atoms with Crippen LogP contribution in [0.15, 0.2) is 29.3 Å². The Morgan fingerprint density at radius 1 is 1.17 bits per heavy atom. The number of fused-ring (bicyclic) bond motifs is 2. The van der Waals surface area contributed by atoms with E-state index in [1.165, 1.54) is 24.0 Å². The van der Waals surface area contributed by atoms with Gasteiger partial charge in [-0.15, -0.1) is 0 Å². The monoisotopic (exact) mass is 157 g/mol. The highest BCUT2D eigenvalue weighted by molar-refractivity contribution is 5.84. The van der Waals surface area contributed by atoms with E-state index in [9.17, 15) is 0 Å².